The molecule has 7 nitrogen and oxygen atoms in total. The SMILES string of the molecule is Cc1ccc(/C=C/C(=O)NC(CCC(N)=O)C(=O)O)o1. The minimum Gasteiger partial charge on any atom is -0.480 e. The Morgan fingerprint density at radius 1 is 1.45 bits per heavy atom. The molecule has 0 saturated carbocycles. The fourth-order valence-electron chi connectivity index (χ4n) is 1.46. The number of primary amides is 1. The number of carbonyl (C=O) groups is 3. The average molecular weight is 280 g/mol. The average Bonchev–Trinajstić information content (AvgIpc) is 2.77. The second-order valence-electron chi connectivity index (χ2n) is 4.19. The predicted molar refractivity (Wildman–Crippen MR) is 70.5 cm³/mol. The van der Waals surface area contributed by atoms with Gasteiger partial charge in [-0.1, -0.05) is 0 Å². The maximum absolute atomic E-state index is 11.6. The first-order valence-electron chi connectivity index (χ1n) is 5.94. The summed E-state index contributed by atoms with van der Waals surface area (Å²) in [6.45, 7) is 1.77. The molecule has 1 heterocycles. The number of hydrogen-bond donors (Lipinski definition) is 3. The molecule has 0 aliphatic heterocycles. The van der Waals surface area contributed by atoms with Crippen LogP contribution >= 0.6 is 0 Å². The van der Waals surface area contributed by atoms with Gasteiger partial charge in [0.25, 0.3) is 0 Å². The maximum atomic E-state index is 11.6. The third-order valence-electron chi connectivity index (χ3n) is 2.45. The van der Waals surface area contributed by atoms with E-state index in [9.17, 15) is 14.4 Å². The molecule has 7 heteroatoms. The van der Waals surface area contributed by atoms with Gasteiger partial charge in [0.1, 0.15) is 17.6 Å². The Labute approximate surface area is 115 Å². The van der Waals surface area contributed by atoms with Crippen molar-refractivity contribution < 1.29 is 23.9 Å². The summed E-state index contributed by atoms with van der Waals surface area (Å²) >= 11 is 0. The van der Waals surface area contributed by atoms with Crippen molar-refractivity contribution in [3.05, 3.63) is 29.7 Å². The van der Waals surface area contributed by atoms with Crippen molar-refractivity contribution in [2.45, 2.75) is 25.8 Å². The molecule has 2 amide bonds. The lowest BCUT2D eigenvalue weighted by Crippen LogP contribution is -2.40. The van der Waals surface area contributed by atoms with Crippen molar-refractivity contribution >= 4 is 23.9 Å². The number of aliphatic carboxylic acids is 1. The number of furan rings is 1. The number of carboxylic acids is 1. The van der Waals surface area contributed by atoms with Crippen LogP contribution in [0.3, 0.4) is 0 Å². The van der Waals surface area contributed by atoms with Gasteiger partial charge in [0.05, 0.1) is 0 Å². The van der Waals surface area contributed by atoms with Gasteiger partial charge in [0.2, 0.25) is 11.8 Å². The lowest BCUT2D eigenvalue weighted by Gasteiger charge is -2.11. The van der Waals surface area contributed by atoms with Crippen molar-refractivity contribution in [1.29, 1.82) is 0 Å². The Kier molecular flexibility index (Phi) is 5.52. The molecule has 108 valence electrons. The summed E-state index contributed by atoms with van der Waals surface area (Å²) in [6, 6.07) is 2.27. The van der Waals surface area contributed by atoms with Crippen molar-refractivity contribution in [2.24, 2.45) is 5.73 Å². The van der Waals surface area contributed by atoms with Crippen LogP contribution in [0, 0.1) is 6.92 Å². The molecule has 0 aliphatic rings. The topological polar surface area (TPSA) is 123 Å². The Hall–Kier alpha value is -2.57. The lowest BCUT2D eigenvalue weighted by atomic mass is 10.1. The van der Waals surface area contributed by atoms with Gasteiger partial charge in [0.15, 0.2) is 0 Å². The Bertz CT molecular complexity index is 533. The van der Waals surface area contributed by atoms with Gasteiger partial charge in [-0.25, -0.2) is 4.79 Å². The van der Waals surface area contributed by atoms with Crippen LogP contribution in [0.25, 0.3) is 6.08 Å². The lowest BCUT2D eigenvalue weighted by molar-refractivity contribution is -0.141. The maximum Gasteiger partial charge on any atom is 0.326 e. The van der Waals surface area contributed by atoms with E-state index in [2.05, 4.69) is 5.32 Å². The van der Waals surface area contributed by atoms with Crippen LogP contribution in [-0.2, 0) is 14.4 Å². The smallest absolute Gasteiger partial charge is 0.326 e. The van der Waals surface area contributed by atoms with Crippen molar-refractivity contribution in [2.75, 3.05) is 0 Å². The number of amides is 2. The van der Waals surface area contributed by atoms with Gasteiger partial charge in [0, 0.05) is 12.5 Å². The fourth-order valence-corrected chi connectivity index (χ4v) is 1.46. The molecule has 1 unspecified atom stereocenters. The van der Waals surface area contributed by atoms with Gasteiger partial charge < -0.3 is 20.6 Å². The van der Waals surface area contributed by atoms with Gasteiger partial charge in [-0.15, -0.1) is 0 Å². The number of carboxylic acid groups (broad SMARTS) is 1. The fraction of sp³-hybridized carbons (Fsp3) is 0.308. The second kappa shape index (κ2) is 7.13. The summed E-state index contributed by atoms with van der Waals surface area (Å²) in [5.74, 6) is -1.23. The first kappa shape index (κ1) is 15.5. The predicted octanol–water partition coefficient (Wildman–Crippen LogP) is 0.436. The van der Waals surface area contributed by atoms with Crippen molar-refractivity contribution in [3.63, 3.8) is 0 Å². The number of aryl methyl sites for hydroxylation is 1. The van der Waals surface area contributed by atoms with E-state index in [-0.39, 0.29) is 12.8 Å². The first-order valence-corrected chi connectivity index (χ1v) is 5.94. The summed E-state index contributed by atoms with van der Waals surface area (Å²) in [7, 11) is 0. The summed E-state index contributed by atoms with van der Waals surface area (Å²) in [4.78, 5) is 33.1. The quantitative estimate of drug-likeness (QED) is 0.625. The normalized spacial score (nSPS) is 12.2. The Morgan fingerprint density at radius 3 is 2.65 bits per heavy atom. The molecule has 0 aliphatic carbocycles. The number of hydrogen-bond acceptors (Lipinski definition) is 4. The van der Waals surface area contributed by atoms with Crippen molar-refractivity contribution in [1.82, 2.24) is 5.32 Å². The molecule has 0 saturated heterocycles. The molecule has 1 rings (SSSR count). The van der Waals surface area contributed by atoms with Crippen LogP contribution in [0.2, 0.25) is 0 Å². The largest absolute Gasteiger partial charge is 0.480 e. The number of nitrogens with two attached hydrogens (primary N) is 1. The highest BCUT2D eigenvalue weighted by atomic mass is 16.4. The third-order valence-corrected chi connectivity index (χ3v) is 2.45. The molecule has 0 aromatic carbocycles. The van der Waals surface area contributed by atoms with E-state index in [0.29, 0.717) is 11.5 Å². The van der Waals surface area contributed by atoms with Crippen LogP contribution < -0.4 is 11.1 Å². The molecular weight excluding hydrogens is 264 g/mol. The summed E-state index contributed by atoms with van der Waals surface area (Å²) in [5, 5.41) is 11.2. The molecule has 20 heavy (non-hydrogen) atoms. The molecular formula is C13H16N2O5. The van der Waals surface area contributed by atoms with E-state index in [1.54, 1.807) is 19.1 Å². The van der Waals surface area contributed by atoms with E-state index in [0.717, 1.165) is 0 Å². The molecule has 0 fully saturated rings. The minimum atomic E-state index is -1.22. The summed E-state index contributed by atoms with van der Waals surface area (Å²) < 4.78 is 5.22. The number of nitrogens with one attached hydrogen (secondary N) is 1. The monoisotopic (exact) mass is 280 g/mol. The highest BCUT2D eigenvalue weighted by Crippen LogP contribution is 2.07. The van der Waals surface area contributed by atoms with Crippen LogP contribution in [0.1, 0.15) is 24.4 Å². The highest BCUT2D eigenvalue weighted by molar-refractivity contribution is 5.94. The van der Waals surface area contributed by atoms with Gasteiger partial charge in [-0.3, -0.25) is 9.59 Å². The molecule has 0 bridgehead atoms. The molecule has 1 aromatic heterocycles. The second-order valence-corrected chi connectivity index (χ2v) is 4.19. The Morgan fingerprint density at radius 2 is 2.15 bits per heavy atom. The zero-order chi connectivity index (χ0) is 15.1. The summed E-state index contributed by atoms with van der Waals surface area (Å²) in [5.41, 5.74) is 4.94. The third kappa shape index (κ3) is 5.38. The first-order chi connectivity index (χ1) is 9.38. The van der Waals surface area contributed by atoms with Crippen LogP contribution in [-0.4, -0.2) is 28.9 Å². The van der Waals surface area contributed by atoms with E-state index in [4.69, 9.17) is 15.3 Å². The van der Waals surface area contributed by atoms with Gasteiger partial charge >= 0.3 is 5.97 Å². The zero-order valence-corrected chi connectivity index (χ0v) is 11.0. The standard InChI is InChI=1S/C13H16N2O5/c1-8-2-3-9(20-8)4-7-12(17)15-10(13(18)19)5-6-11(14)16/h2-4,7,10H,5-6H2,1H3,(H2,14,16)(H,15,17)(H,18,19)/b7-4+. The Balaban J connectivity index is 2.55. The van der Waals surface area contributed by atoms with E-state index in [1.807, 2.05) is 0 Å². The van der Waals surface area contributed by atoms with Gasteiger partial charge in [-0.05, 0) is 31.6 Å². The van der Waals surface area contributed by atoms with Crippen LogP contribution in [0.15, 0.2) is 22.6 Å². The molecule has 0 spiro atoms. The summed E-state index contributed by atoms with van der Waals surface area (Å²) in [6.07, 6.45) is 2.43. The van der Waals surface area contributed by atoms with E-state index in [1.165, 1.54) is 12.2 Å². The minimum absolute atomic E-state index is 0.0515. The van der Waals surface area contributed by atoms with E-state index >= 15 is 0 Å². The van der Waals surface area contributed by atoms with Crippen LogP contribution in [0.4, 0.5) is 0 Å². The zero-order valence-electron chi connectivity index (χ0n) is 11.0. The molecule has 4 N–H and O–H groups in total. The number of rotatable bonds is 7. The number of carbonyl (C=O) groups excluding carboxylic acids is 2. The molecule has 0 radical (unpaired) electrons. The molecule has 1 aromatic rings. The van der Waals surface area contributed by atoms with E-state index < -0.39 is 23.8 Å². The van der Waals surface area contributed by atoms with Crippen LogP contribution in [0.5, 0.6) is 0 Å². The van der Waals surface area contributed by atoms with Crippen molar-refractivity contribution in [3.8, 4) is 0 Å². The van der Waals surface area contributed by atoms with Gasteiger partial charge in [-0.2, -0.15) is 0 Å². The molecule has 1 atom stereocenters. The highest BCUT2D eigenvalue weighted by Gasteiger charge is 2.19.